The summed E-state index contributed by atoms with van der Waals surface area (Å²) < 4.78 is 38.3. The summed E-state index contributed by atoms with van der Waals surface area (Å²) in [6, 6.07) is 5.84. The highest BCUT2D eigenvalue weighted by Crippen LogP contribution is 2.34. The zero-order valence-corrected chi connectivity index (χ0v) is 12.0. The molecule has 0 aliphatic heterocycles. The number of nitrogens with zero attached hydrogens (tertiary/aromatic N) is 1. The quantitative estimate of drug-likeness (QED) is 0.858. The van der Waals surface area contributed by atoms with E-state index in [4.69, 9.17) is 5.73 Å². The van der Waals surface area contributed by atoms with Crippen LogP contribution in [0.25, 0.3) is 0 Å². The van der Waals surface area contributed by atoms with Gasteiger partial charge in [0.15, 0.2) is 0 Å². The van der Waals surface area contributed by atoms with Crippen LogP contribution in [0.1, 0.15) is 16.1 Å². The van der Waals surface area contributed by atoms with E-state index in [-0.39, 0.29) is 11.4 Å². The number of aromatic nitrogens is 1. The van der Waals surface area contributed by atoms with Crippen LogP contribution in [0.4, 0.5) is 24.5 Å². The molecular weight excluding hydrogens is 351 g/mol. The summed E-state index contributed by atoms with van der Waals surface area (Å²) in [6.07, 6.45) is -3.20. The van der Waals surface area contributed by atoms with E-state index in [1.165, 1.54) is 24.4 Å². The highest BCUT2D eigenvalue weighted by Gasteiger charge is 2.31. The first-order valence-electron chi connectivity index (χ1n) is 5.67. The summed E-state index contributed by atoms with van der Waals surface area (Å²) >= 11 is 3.09. The van der Waals surface area contributed by atoms with Crippen molar-refractivity contribution in [2.45, 2.75) is 6.18 Å². The van der Waals surface area contributed by atoms with Crippen LogP contribution in [0.3, 0.4) is 0 Å². The monoisotopic (exact) mass is 359 g/mol. The number of nitrogens with one attached hydrogen (secondary N) is 1. The highest BCUT2D eigenvalue weighted by atomic mass is 79.9. The number of carbonyl (C=O) groups excluding carboxylic acids is 1. The Bertz CT molecular complexity index is 671. The van der Waals surface area contributed by atoms with Gasteiger partial charge in [-0.3, -0.25) is 4.79 Å². The van der Waals surface area contributed by atoms with Crippen molar-refractivity contribution in [3.8, 4) is 0 Å². The van der Waals surface area contributed by atoms with E-state index in [1.54, 1.807) is 0 Å². The molecule has 1 aromatic carbocycles. The largest absolute Gasteiger partial charge is 0.416 e. The molecular formula is C13H9BrF3N3O. The summed E-state index contributed by atoms with van der Waals surface area (Å²) in [7, 11) is 0. The molecule has 0 aliphatic carbocycles. The van der Waals surface area contributed by atoms with E-state index in [0.717, 1.165) is 12.1 Å². The van der Waals surface area contributed by atoms with Gasteiger partial charge in [0.05, 0.1) is 23.1 Å². The van der Waals surface area contributed by atoms with Crippen LogP contribution in [-0.4, -0.2) is 10.9 Å². The number of pyridine rings is 1. The second kappa shape index (κ2) is 5.72. The Morgan fingerprint density at radius 1 is 1.24 bits per heavy atom. The number of alkyl halides is 3. The first kappa shape index (κ1) is 15.3. The molecule has 1 heterocycles. The predicted octanol–water partition coefficient (Wildman–Crippen LogP) is 3.70. The maximum absolute atomic E-state index is 12.7. The minimum atomic E-state index is -4.49. The molecule has 2 aromatic rings. The molecule has 3 N–H and O–H groups in total. The van der Waals surface area contributed by atoms with Gasteiger partial charge < -0.3 is 11.1 Å². The van der Waals surface area contributed by atoms with Crippen LogP contribution in [-0.2, 0) is 6.18 Å². The van der Waals surface area contributed by atoms with Crippen LogP contribution in [0.2, 0.25) is 0 Å². The first-order chi connectivity index (χ1) is 9.77. The third-order valence-corrected chi connectivity index (χ3v) is 3.25. The average Bonchev–Trinajstić information content (AvgIpc) is 2.40. The summed E-state index contributed by atoms with van der Waals surface area (Å²) in [5.74, 6) is -0.630. The molecule has 8 heteroatoms. The fourth-order valence-electron chi connectivity index (χ4n) is 1.52. The molecule has 0 saturated carbocycles. The maximum atomic E-state index is 12.7. The van der Waals surface area contributed by atoms with Crippen LogP contribution in [0, 0.1) is 0 Å². The third kappa shape index (κ3) is 3.72. The van der Waals surface area contributed by atoms with Crippen molar-refractivity contribution in [2.75, 3.05) is 11.1 Å². The number of amides is 1. The minimum Gasteiger partial charge on any atom is -0.397 e. The van der Waals surface area contributed by atoms with Crippen molar-refractivity contribution < 1.29 is 18.0 Å². The minimum absolute atomic E-state index is 0.00782. The lowest BCUT2D eigenvalue weighted by atomic mass is 10.2. The molecule has 0 atom stereocenters. The SMILES string of the molecule is Nc1ccc(C(=O)Nc2cc(C(F)(F)F)ccc2Br)nc1. The van der Waals surface area contributed by atoms with Crippen molar-refractivity contribution in [3.05, 3.63) is 52.3 Å². The van der Waals surface area contributed by atoms with Crippen LogP contribution < -0.4 is 11.1 Å². The van der Waals surface area contributed by atoms with Crippen LogP contribution in [0.15, 0.2) is 41.0 Å². The van der Waals surface area contributed by atoms with E-state index in [1.807, 2.05) is 0 Å². The van der Waals surface area contributed by atoms with Gasteiger partial charge in [0, 0.05) is 4.47 Å². The van der Waals surface area contributed by atoms with Gasteiger partial charge in [0.25, 0.3) is 5.91 Å². The maximum Gasteiger partial charge on any atom is 0.416 e. The molecule has 0 aliphatic rings. The molecule has 0 bridgehead atoms. The topological polar surface area (TPSA) is 68.0 Å². The fraction of sp³-hybridized carbons (Fsp3) is 0.0769. The fourth-order valence-corrected chi connectivity index (χ4v) is 1.87. The number of rotatable bonds is 2. The van der Waals surface area contributed by atoms with Gasteiger partial charge in [0.2, 0.25) is 0 Å². The van der Waals surface area contributed by atoms with Crippen molar-refractivity contribution in [1.29, 1.82) is 0 Å². The summed E-state index contributed by atoms with van der Waals surface area (Å²) in [6.45, 7) is 0. The zero-order chi connectivity index (χ0) is 15.6. The number of benzene rings is 1. The Morgan fingerprint density at radius 2 is 1.95 bits per heavy atom. The summed E-state index contributed by atoms with van der Waals surface area (Å²) in [4.78, 5) is 15.7. The molecule has 0 radical (unpaired) electrons. The average molecular weight is 360 g/mol. The Balaban J connectivity index is 2.26. The van der Waals surface area contributed by atoms with E-state index < -0.39 is 17.6 Å². The van der Waals surface area contributed by atoms with Gasteiger partial charge in [-0.25, -0.2) is 4.98 Å². The van der Waals surface area contributed by atoms with Crippen molar-refractivity contribution >= 4 is 33.2 Å². The Labute approximate surface area is 126 Å². The normalized spacial score (nSPS) is 11.2. The van der Waals surface area contributed by atoms with Gasteiger partial charge >= 0.3 is 6.18 Å². The number of nitrogen functional groups attached to an aromatic ring is 1. The second-order valence-corrected chi connectivity index (χ2v) is 4.98. The summed E-state index contributed by atoms with van der Waals surface area (Å²) in [5.41, 5.74) is 5.03. The Kier molecular flexibility index (Phi) is 4.17. The molecule has 110 valence electrons. The van der Waals surface area contributed by atoms with Gasteiger partial charge in [-0.1, -0.05) is 0 Å². The third-order valence-electron chi connectivity index (χ3n) is 2.56. The highest BCUT2D eigenvalue weighted by molar-refractivity contribution is 9.10. The van der Waals surface area contributed by atoms with E-state index in [0.29, 0.717) is 10.2 Å². The summed E-state index contributed by atoms with van der Waals surface area (Å²) in [5, 5.41) is 2.37. The molecule has 0 spiro atoms. The Morgan fingerprint density at radius 3 is 2.52 bits per heavy atom. The zero-order valence-electron chi connectivity index (χ0n) is 10.4. The van der Waals surface area contributed by atoms with Gasteiger partial charge in [-0.15, -0.1) is 0 Å². The number of hydrogen-bond donors (Lipinski definition) is 2. The second-order valence-electron chi connectivity index (χ2n) is 4.12. The molecule has 0 unspecified atom stereocenters. The molecule has 4 nitrogen and oxygen atoms in total. The standard InChI is InChI=1S/C13H9BrF3N3O/c14-9-3-1-7(13(15,16)17)5-11(9)20-12(21)10-4-2-8(18)6-19-10/h1-6H,18H2,(H,20,21). The van der Waals surface area contributed by atoms with Crippen LogP contribution >= 0.6 is 15.9 Å². The van der Waals surface area contributed by atoms with E-state index in [2.05, 4.69) is 26.2 Å². The van der Waals surface area contributed by atoms with Gasteiger partial charge in [-0.05, 0) is 46.3 Å². The van der Waals surface area contributed by atoms with E-state index >= 15 is 0 Å². The lowest BCUT2D eigenvalue weighted by Gasteiger charge is -2.11. The molecule has 1 aromatic heterocycles. The van der Waals surface area contributed by atoms with Crippen LogP contribution in [0.5, 0.6) is 0 Å². The smallest absolute Gasteiger partial charge is 0.397 e. The molecule has 1 amide bonds. The predicted molar refractivity (Wildman–Crippen MR) is 75.7 cm³/mol. The molecule has 0 fully saturated rings. The molecule has 21 heavy (non-hydrogen) atoms. The Hall–Kier alpha value is -2.09. The van der Waals surface area contributed by atoms with E-state index in [9.17, 15) is 18.0 Å². The molecule has 2 rings (SSSR count). The van der Waals surface area contributed by atoms with Gasteiger partial charge in [-0.2, -0.15) is 13.2 Å². The van der Waals surface area contributed by atoms with Crippen molar-refractivity contribution in [3.63, 3.8) is 0 Å². The van der Waals surface area contributed by atoms with Gasteiger partial charge in [0.1, 0.15) is 5.69 Å². The number of halogens is 4. The molecule has 0 saturated heterocycles. The lowest BCUT2D eigenvalue weighted by Crippen LogP contribution is -2.15. The number of nitrogens with two attached hydrogens (primary N) is 1. The van der Waals surface area contributed by atoms with Crippen molar-refractivity contribution in [2.24, 2.45) is 0 Å². The number of anilines is 2. The number of hydrogen-bond acceptors (Lipinski definition) is 3. The first-order valence-corrected chi connectivity index (χ1v) is 6.46. The van der Waals surface area contributed by atoms with Crippen molar-refractivity contribution in [1.82, 2.24) is 4.98 Å². The lowest BCUT2D eigenvalue weighted by molar-refractivity contribution is -0.137. The number of carbonyl (C=O) groups is 1.